The number of aromatic nitrogens is 1. The molecule has 1 atom stereocenters. The first-order valence-electron chi connectivity index (χ1n) is 7.55. The zero-order valence-electron chi connectivity index (χ0n) is 12.1. The van der Waals surface area contributed by atoms with Gasteiger partial charge in [0.2, 0.25) is 0 Å². The molecule has 1 spiro atoms. The van der Waals surface area contributed by atoms with Gasteiger partial charge in [0.15, 0.2) is 4.21 Å². The molecule has 21 heavy (non-hydrogen) atoms. The molecule has 1 unspecified atom stereocenters. The summed E-state index contributed by atoms with van der Waals surface area (Å²) in [6.07, 6.45) is 5.85. The van der Waals surface area contributed by atoms with Gasteiger partial charge in [0.05, 0.1) is 11.2 Å². The second-order valence-electron chi connectivity index (χ2n) is 6.51. The minimum atomic E-state index is -3.36. The van der Waals surface area contributed by atoms with Crippen molar-refractivity contribution in [3.05, 3.63) is 11.2 Å². The molecule has 3 aliphatic rings. The van der Waals surface area contributed by atoms with Crippen molar-refractivity contribution in [3.63, 3.8) is 0 Å². The third-order valence-electron chi connectivity index (χ3n) is 5.13. The minimum Gasteiger partial charge on any atom is -0.381 e. The molecule has 0 amide bonds. The first-order valence-corrected chi connectivity index (χ1v) is 9.81. The summed E-state index contributed by atoms with van der Waals surface area (Å²) in [6.45, 7) is 4.06. The summed E-state index contributed by atoms with van der Waals surface area (Å²) in [5.41, 5.74) is 0.173. The Morgan fingerprint density at radius 2 is 2.10 bits per heavy atom. The van der Waals surface area contributed by atoms with Crippen LogP contribution in [0.5, 0.6) is 0 Å². The van der Waals surface area contributed by atoms with E-state index in [1.54, 1.807) is 4.31 Å². The maximum absolute atomic E-state index is 12.9. The van der Waals surface area contributed by atoms with Crippen LogP contribution in [0.2, 0.25) is 0 Å². The Kier molecular flexibility index (Phi) is 3.19. The van der Waals surface area contributed by atoms with Crippen molar-refractivity contribution in [3.8, 4) is 0 Å². The highest BCUT2D eigenvalue weighted by atomic mass is 32.2. The van der Waals surface area contributed by atoms with Gasteiger partial charge in [-0.25, -0.2) is 13.4 Å². The summed E-state index contributed by atoms with van der Waals surface area (Å²) in [4.78, 5) is 4.11. The molecule has 2 aliphatic heterocycles. The first-order chi connectivity index (χ1) is 10.0. The van der Waals surface area contributed by atoms with E-state index in [9.17, 15) is 8.42 Å². The summed E-state index contributed by atoms with van der Waals surface area (Å²) in [6, 6.07) is 0.189. The van der Waals surface area contributed by atoms with Crippen LogP contribution in [0.15, 0.2) is 10.4 Å². The summed E-state index contributed by atoms with van der Waals surface area (Å²) in [7, 11) is -3.36. The highest BCUT2D eigenvalue weighted by Gasteiger charge is 2.61. The molecule has 0 radical (unpaired) electrons. The predicted molar refractivity (Wildman–Crippen MR) is 79.7 cm³/mol. The van der Waals surface area contributed by atoms with Crippen LogP contribution < -0.4 is 0 Å². The molecule has 1 saturated carbocycles. The smallest absolute Gasteiger partial charge is 0.254 e. The zero-order chi connectivity index (χ0) is 14.7. The van der Waals surface area contributed by atoms with E-state index in [0.717, 1.165) is 31.1 Å². The lowest BCUT2D eigenvalue weighted by atomic mass is 9.66. The Bertz CT molecular complexity index is 645. The van der Waals surface area contributed by atoms with Gasteiger partial charge in [0.1, 0.15) is 0 Å². The van der Waals surface area contributed by atoms with E-state index in [1.165, 1.54) is 30.4 Å². The number of hydrogen-bond donors (Lipinski definition) is 0. The van der Waals surface area contributed by atoms with Crippen molar-refractivity contribution in [2.75, 3.05) is 19.8 Å². The quantitative estimate of drug-likeness (QED) is 0.852. The van der Waals surface area contributed by atoms with Crippen LogP contribution in [0.1, 0.15) is 30.7 Å². The average Bonchev–Trinajstić information content (AvgIpc) is 3.16. The van der Waals surface area contributed by atoms with Crippen molar-refractivity contribution in [1.82, 2.24) is 9.29 Å². The molecule has 2 saturated heterocycles. The number of aryl methyl sites for hydroxylation is 1. The van der Waals surface area contributed by atoms with Crippen LogP contribution in [0.3, 0.4) is 0 Å². The molecule has 3 heterocycles. The fourth-order valence-electron chi connectivity index (χ4n) is 3.89. The molecule has 116 valence electrons. The van der Waals surface area contributed by atoms with Crippen molar-refractivity contribution in [1.29, 1.82) is 0 Å². The van der Waals surface area contributed by atoms with Crippen LogP contribution in [0.4, 0.5) is 0 Å². The lowest BCUT2D eigenvalue weighted by Gasteiger charge is -2.58. The van der Waals surface area contributed by atoms with E-state index >= 15 is 0 Å². The summed E-state index contributed by atoms with van der Waals surface area (Å²) >= 11 is 1.28. The second kappa shape index (κ2) is 4.75. The molecular weight excluding hydrogens is 308 g/mol. The fraction of sp³-hybridized carbons (Fsp3) is 0.786. The minimum absolute atomic E-state index is 0.173. The van der Waals surface area contributed by atoms with Gasteiger partial charge in [0.25, 0.3) is 10.0 Å². The van der Waals surface area contributed by atoms with E-state index in [1.807, 2.05) is 6.92 Å². The average molecular weight is 328 g/mol. The highest BCUT2D eigenvalue weighted by Crippen LogP contribution is 2.56. The van der Waals surface area contributed by atoms with Gasteiger partial charge < -0.3 is 4.74 Å². The lowest BCUT2D eigenvalue weighted by Crippen LogP contribution is -2.68. The number of hydrogen-bond acceptors (Lipinski definition) is 5. The van der Waals surface area contributed by atoms with Crippen molar-refractivity contribution >= 4 is 21.4 Å². The van der Waals surface area contributed by atoms with Crippen LogP contribution in [-0.2, 0) is 14.8 Å². The SMILES string of the molecule is Cc1ncc(S(=O)(=O)N2CC3(CCOCC3)C2C2CC2)s1. The second-order valence-corrected chi connectivity index (χ2v) is 9.86. The normalized spacial score (nSPS) is 29.5. The predicted octanol–water partition coefficient (Wildman–Crippen LogP) is 2.03. The molecule has 0 aromatic carbocycles. The Balaban J connectivity index is 1.64. The van der Waals surface area contributed by atoms with Crippen LogP contribution in [0, 0.1) is 18.3 Å². The van der Waals surface area contributed by atoms with Gasteiger partial charge in [0, 0.05) is 31.2 Å². The Morgan fingerprint density at radius 1 is 1.38 bits per heavy atom. The molecule has 0 N–H and O–H groups in total. The molecule has 7 heteroatoms. The largest absolute Gasteiger partial charge is 0.381 e. The third kappa shape index (κ3) is 2.17. The van der Waals surface area contributed by atoms with E-state index in [0.29, 0.717) is 16.7 Å². The first kappa shape index (κ1) is 14.1. The Labute approximate surface area is 129 Å². The zero-order valence-corrected chi connectivity index (χ0v) is 13.8. The number of thiazole rings is 1. The van der Waals surface area contributed by atoms with Gasteiger partial charge >= 0.3 is 0 Å². The van der Waals surface area contributed by atoms with Crippen LogP contribution in [-0.4, -0.2) is 43.5 Å². The Hall–Kier alpha value is -0.500. The Morgan fingerprint density at radius 3 is 2.67 bits per heavy atom. The van der Waals surface area contributed by atoms with E-state index < -0.39 is 10.0 Å². The van der Waals surface area contributed by atoms with Crippen LogP contribution >= 0.6 is 11.3 Å². The third-order valence-corrected chi connectivity index (χ3v) is 8.31. The topological polar surface area (TPSA) is 59.5 Å². The van der Waals surface area contributed by atoms with Gasteiger partial charge in [-0.2, -0.15) is 4.31 Å². The van der Waals surface area contributed by atoms with Gasteiger partial charge in [-0.1, -0.05) is 0 Å². The molecule has 3 fully saturated rings. The number of sulfonamides is 1. The van der Waals surface area contributed by atoms with Crippen LogP contribution in [0.25, 0.3) is 0 Å². The number of rotatable bonds is 3. The highest BCUT2D eigenvalue weighted by molar-refractivity contribution is 7.91. The van der Waals surface area contributed by atoms with E-state index in [2.05, 4.69) is 4.98 Å². The molecule has 1 aromatic heterocycles. The standard InChI is InChI=1S/C14H20N2O3S2/c1-10-15-8-12(20-10)21(17,18)16-9-14(4-6-19-7-5-14)13(16)11-2-3-11/h8,11,13H,2-7,9H2,1H3. The molecule has 1 aromatic rings. The monoisotopic (exact) mass is 328 g/mol. The van der Waals surface area contributed by atoms with Crippen molar-refractivity contribution < 1.29 is 13.2 Å². The van der Waals surface area contributed by atoms with E-state index in [-0.39, 0.29) is 11.5 Å². The lowest BCUT2D eigenvalue weighted by molar-refractivity contribution is -0.101. The summed E-state index contributed by atoms with van der Waals surface area (Å²) in [5.74, 6) is 0.556. The molecule has 5 nitrogen and oxygen atoms in total. The van der Waals surface area contributed by atoms with Gasteiger partial charge in [-0.05, 0) is 38.5 Å². The molecular formula is C14H20N2O3S2. The van der Waals surface area contributed by atoms with E-state index in [4.69, 9.17) is 4.74 Å². The number of ether oxygens (including phenoxy) is 1. The number of nitrogens with zero attached hydrogens (tertiary/aromatic N) is 2. The maximum Gasteiger partial charge on any atom is 0.254 e. The maximum atomic E-state index is 12.9. The summed E-state index contributed by atoms with van der Waals surface area (Å²) in [5, 5.41) is 0.804. The molecule has 0 bridgehead atoms. The molecule has 4 rings (SSSR count). The van der Waals surface area contributed by atoms with Crippen molar-refractivity contribution in [2.45, 2.75) is 42.9 Å². The van der Waals surface area contributed by atoms with Crippen molar-refractivity contribution in [2.24, 2.45) is 11.3 Å². The van der Waals surface area contributed by atoms with Gasteiger partial charge in [-0.3, -0.25) is 0 Å². The van der Waals surface area contributed by atoms with Gasteiger partial charge in [-0.15, -0.1) is 11.3 Å². The summed E-state index contributed by atoms with van der Waals surface area (Å²) < 4.78 is 33.4. The molecule has 1 aliphatic carbocycles. The fourth-order valence-corrected chi connectivity index (χ4v) is 7.00.